The van der Waals surface area contributed by atoms with Crippen molar-refractivity contribution in [1.29, 1.82) is 0 Å². The molecule has 39 heavy (non-hydrogen) atoms. The zero-order chi connectivity index (χ0) is 29.6. The van der Waals surface area contributed by atoms with Crippen LogP contribution in [0.25, 0.3) is 0 Å². The van der Waals surface area contributed by atoms with Crippen LogP contribution in [0.1, 0.15) is 137 Å². The molecule has 0 aliphatic rings. The predicted molar refractivity (Wildman–Crippen MR) is 172 cm³/mol. The van der Waals surface area contributed by atoms with E-state index in [1.54, 1.807) is 39.5 Å². The second-order valence-corrected chi connectivity index (χ2v) is 21.3. The molecule has 0 fully saturated rings. The maximum absolute atomic E-state index is 10.7. The molecule has 0 radical (unpaired) electrons. The Labute approximate surface area is 254 Å². The van der Waals surface area contributed by atoms with Gasteiger partial charge in [-0.2, -0.15) is 12.6 Å². The first-order valence-corrected chi connectivity index (χ1v) is 23.6. The molecule has 0 aromatic heterocycles. The van der Waals surface area contributed by atoms with Gasteiger partial charge in [-0.1, -0.05) is 0 Å². The Morgan fingerprint density at radius 2 is 1.10 bits per heavy atom. The van der Waals surface area contributed by atoms with Crippen LogP contribution in [0.3, 0.4) is 0 Å². The third kappa shape index (κ3) is 33.6. The Kier molecular flexibility index (Phi) is 33.4. The van der Waals surface area contributed by atoms with Crippen LogP contribution < -0.4 is 0 Å². The van der Waals surface area contributed by atoms with Crippen LogP contribution >= 0.6 is 12.6 Å². The zero-order valence-electron chi connectivity index (χ0n) is 26.1. The smallest absolute Gasteiger partial charge is 0.338 e. The first-order valence-electron chi connectivity index (χ1n) is 16.0. The van der Waals surface area contributed by atoms with Crippen molar-refractivity contribution >= 4 is 50.3 Å². The van der Waals surface area contributed by atoms with Crippen LogP contribution in [-0.2, 0) is 23.9 Å². The van der Waals surface area contributed by atoms with Crippen molar-refractivity contribution in [2.45, 2.75) is 151 Å². The van der Waals surface area contributed by atoms with E-state index in [1.165, 1.54) is 83.5 Å². The number of thiol groups is 1. The van der Waals surface area contributed by atoms with Crippen LogP contribution in [0.4, 0.5) is 0 Å². The van der Waals surface area contributed by atoms with Crippen molar-refractivity contribution in [1.82, 2.24) is 0 Å². The molecular formula is C32H62O5SSn. The number of unbranched alkanes of at least 4 members (excludes halogenated alkanes) is 12. The Balaban J connectivity index is 0. The molecule has 0 rings (SSSR count). The molecule has 0 aromatic carbocycles. The van der Waals surface area contributed by atoms with Gasteiger partial charge in [-0.25, -0.2) is 9.59 Å². The third-order valence-corrected chi connectivity index (χ3v) is 17.6. The van der Waals surface area contributed by atoms with Gasteiger partial charge < -0.3 is 9.47 Å². The quantitative estimate of drug-likeness (QED) is 0.0276. The average Bonchev–Trinajstić information content (AvgIpc) is 2.91. The number of rotatable bonds is 24. The van der Waals surface area contributed by atoms with Gasteiger partial charge in [0.1, 0.15) is 0 Å². The van der Waals surface area contributed by atoms with Gasteiger partial charge in [0.05, 0.1) is 12.4 Å². The molecule has 0 spiro atoms. The zero-order valence-corrected chi connectivity index (χ0v) is 30.3. The molecule has 0 unspecified atom stereocenters. The van der Waals surface area contributed by atoms with E-state index in [2.05, 4.69) is 49.8 Å². The van der Waals surface area contributed by atoms with E-state index in [4.69, 9.17) is 0 Å². The number of esters is 3. The van der Waals surface area contributed by atoms with Crippen LogP contribution in [-0.4, -0.2) is 50.0 Å². The first kappa shape index (κ1) is 40.6. The molecule has 0 aliphatic carbocycles. The molecule has 0 N–H and O–H groups in total. The molecule has 0 bridgehead atoms. The molecule has 5 nitrogen and oxygen atoms in total. The van der Waals surface area contributed by atoms with Gasteiger partial charge in [0, 0.05) is 12.2 Å². The van der Waals surface area contributed by atoms with Crippen molar-refractivity contribution < 1.29 is 23.9 Å². The van der Waals surface area contributed by atoms with E-state index >= 15 is 0 Å². The summed E-state index contributed by atoms with van der Waals surface area (Å²) in [6.45, 7) is 11.2. The normalized spacial score (nSPS) is 11.1. The topological polar surface area (TPSA) is 69.7 Å². The van der Waals surface area contributed by atoms with E-state index in [-0.39, 0.29) is 12.4 Å². The van der Waals surface area contributed by atoms with E-state index in [0.717, 1.165) is 18.1 Å². The molecule has 7 heteroatoms. The minimum atomic E-state index is -1.16. The maximum Gasteiger partial charge on any atom is 0.338 e. The molecule has 0 amide bonds. The van der Waals surface area contributed by atoms with Crippen molar-refractivity contribution in [3.63, 3.8) is 0 Å². The van der Waals surface area contributed by atoms with Crippen LogP contribution in [0.15, 0.2) is 12.2 Å². The summed E-state index contributed by atoms with van der Waals surface area (Å²) in [6, 6.07) is 0. The maximum atomic E-state index is 10.7. The second-order valence-electron chi connectivity index (χ2n) is 11.0. The van der Waals surface area contributed by atoms with Gasteiger partial charge >= 0.3 is 187 Å². The van der Waals surface area contributed by atoms with Gasteiger partial charge in [0.15, 0.2) is 0 Å². The number of carbonyl (C=O) groups is 3. The molecular weight excluding hydrogens is 615 g/mol. The Morgan fingerprint density at radius 3 is 1.54 bits per heavy atom. The summed E-state index contributed by atoms with van der Waals surface area (Å²) in [5, 5.41) is 0. The SMILES string of the molecule is CCCCCCC[CH2][SnH]([CH2]CCCCCCC)[CH2]CCCCC(C)C.CCOC(=O)/C=C\C(=O)OC(=O)CS. The summed E-state index contributed by atoms with van der Waals surface area (Å²) >= 11 is 2.43. The summed E-state index contributed by atoms with van der Waals surface area (Å²) in [5.41, 5.74) is 0. The average molecular weight is 678 g/mol. The fourth-order valence-electron chi connectivity index (χ4n) is 4.53. The number of ether oxygens (including phenoxy) is 2. The fraction of sp³-hybridized carbons (Fsp3) is 0.844. The molecule has 0 aliphatic heterocycles. The van der Waals surface area contributed by atoms with Gasteiger partial charge in [-0.3, -0.25) is 4.79 Å². The summed E-state index contributed by atoms with van der Waals surface area (Å²) < 4.78 is 13.9. The van der Waals surface area contributed by atoms with Crippen LogP contribution in [0, 0.1) is 5.92 Å². The monoisotopic (exact) mass is 678 g/mol. The minimum absolute atomic E-state index is 0.195. The van der Waals surface area contributed by atoms with E-state index in [9.17, 15) is 14.4 Å². The molecule has 0 saturated heterocycles. The van der Waals surface area contributed by atoms with Gasteiger partial charge in [0.2, 0.25) is 0 Å². The van der Waals surface area contributed by atoms with Crippen molar-refractivity contribution in [2.24, 2.45) is 5.92 Å². The summed E-state index contributed by atoms with van der Waals surface area (Å²) in [7, 11) is 0. The number of hydrogen-bond acceptors (Lipinski definition) is 6. The third-order valence-electron chi connectivity index (χ3n) is 6.81. The summed E-state index contributed by atoms with van der Waals surface area (Å²) in [5.74, 6) is -1.64. The molecule has 0 saturated carbocycles. The van der Waals surface area contributed by atoms with Crippen LogP contribution in [0.5, 0.6) is 0 Å². The Bertz CT molecular complexity index is 593. The predicted octanol–water partition coefficient (Wildman–Crippen LogP) is 9.26. The molecule has 0 aromatic rings. The second kappa shape index (κ2) is 32.0. The van der Waals surface area contributed by atoms with Crippen molar-refractivity contribution in [2.75, 3.05) is 12.4 Å². The Hall–Kier alpha value is -0.501. The van der Waals surface area contributed by atoms with Gasteiger partial charge in [-0.15, -0.1) is 0 Å². The summed E-state index contributed by atoms with van der Waals surface area (Å²) in [4.78, 5) is 32.0. The molecule has 0 heterocycles. The standard InChI is InChI=1S/C8H10O5S.3C8H17.Sn.H/c1-2-12-6(9)3-4-7(10)13-8(11)5-14;1-4-5-6-7-8(2)3;2*1-3-5-7-8-6-4-2;;/h3-4,14H,2,5H2,1H3;8H,1,4-7H2,2-3H3;2*1,3-8H2,2H3;;/b4-3-;;;;;. The number of hydrogen-bond donors (Lipinski definition) is 1. The van der Waals surface area contributed by atoms with E-state index in [1.807, 2.05) is 0 Å². The van der Waals surface area contributed by atoms with Gasteiger partial charge in [-0.05, 0) is 6.92 Å². The van der Waals surface area contributed by atoms with E-state index < -0.39 is 37.7 Å². The fourth-order valence-corrected chi connectivity index (χ4v) is 14.5. The molecule has 230 valence electrons. The van der Waals surface area contributed by atoms with E-state index in [0.29, 0.717) is 0 Å². The largest absolute Gasteiger partial charge is 0.463 e. The summed E-state index contributed by atoms with van der Waals surface area (Å²) in [6.07, 6.45) is 25.7. The van der Waals surface area contributed by atoms with Crippen molar-refractivity contribution in [3.05, 3.63) is 12.2 Å². The van der Waals surface area contributed by atoms with Crippen LogP contribution in [0.2, 0.25) is 13.3 Å². The minimum Gasteiger partial charge on any atom is -0.463 e. The first-order chi connectivity index (χ1) is 18.8. The Morgan fingerprint density at radius 1 is 0.667 bits per heavy atom. The number of carbonyl (C=O) groups excluding carboxylic acids is 3. The molecule has 0 atom stereocenters. The van der Waals surface area contributed by atoms with Crippen molar-refractivity contribution in [3.8, 4) is 0 Å². The van der Waals surface area contributed by atoms with Gasteiger partial charge in [0.25, 0.3) is 0 Å².